The van der Waals surface area contributed by atoms with E-state index in [2.05, 4.69) is 19.9 Å². The molecule has 0 radical (unpaired) electrons. The Morgan fingerprint density at radius 3 is 2.59 bits per heavy atom. The molecule has 3 aromatic heterocycles. The second-order valence-corrected chi connectivity index (χ2v) is 7.78. The van der Waals surface area contributed by atoms with Crippen molar-refractivity contribution in [2.75, 3.05) is 13.1 Å². The number of piperidine rings is 1. The first-order valence-corrected chi connectivity index (χ1v) is 9.93. The van der Waals surface area contributed by atoms with Crippen LogP contribution in [0.5, 0.6) is 0 Å². The summed E-state index contributed by atoms with van der Waals surface area (Å²) in [6, 6.07) is 2.05. The molecule has 4 heterocycles. The zero-order valence-corrected chi connectivity index (χ0v) is 16.5. The smallest absolute Gasteiger partial charge is 0.265 e. The van der Waals surface area contributed by atoms with Crippen LogP contribution in [-0.2, 0) is 7.05 Å². The molecule has 0 N–H and O–H groups in total. The molecule has 0 saturated carbocycles. The first-order valence-electron chi connectivity index (χ1n) is 9.05. The second kappa shape index (κ2) is 7.19. The lowest BCUT2D eigenvalue weighted by Crippen LogP contribution is -2.38. The Kier molecular flexibility index (Phi) is 4.73. The van der Waals surface area contributed by atoms with Gasteiger partial charge in [-0.3, -0.25) is 4.79 Å². The molecule has 0 atom stereocenters. The third kappa shape index (κ3) is 3.49. The molecule has 8 heteroatoms. The van der Waals surface area contributed by atoms with E-state index >= 15 is 0 Å². The molecule has 1 aliphatic rings. The van der Waals surface area contributed by atoms with Gasteiger partial charge in [0.25, 0.3) is 5.91 Å². The van der Waals surface area contributed by atoms with Crippen LogP contribution in [0, 0.1) is 13.8 Å². The normalized spacial score (nSPS) is 15.3. The Labute approximate surface area is 162 Å². The Morgan fingerprint density at radius 2 is 1.96 bits per heavy atom. The van der Waals surface area contributed by atoms with Crippen LogP contribution in [0.4, 0.5) is 0 Å². The highest BCUT2D eigenvalue weighted by atomic mass is 32.1. The molecule has 3 aromatic rings. The van der Waals surface area contributed by atoms with Gasteiger partial charge in [-0.15, -0.1) is 11.3 Å². The molecule has 4 rings (SSSR count). The number of aromatic nitrogens is 5. The highest BCUT2D eigenvalue weighted by Gasteiger charge is 2.27. The topological polar surface area (TPSA) is 76.8 Å². The van der Waals surface area contributed by atoms with Gasteiger partial charge in [0.15, 0.2) is 5.82 Å². The molecule has 1 saturated heterocycles. The molecule has 7 nitrogen and oxygen atoms in total. The summed E-state index contributed by atoms with van der Waals surface area (Å²) in [6.45, 7) is 5.28. The van der Waals surface area contributed by atoms with Crippen LogP contribution in [0.1, 0.15) is 45.6 Å². The van der Waals surface area contributed by atoms with Crippen LogP contribution in [-0.4, -0.2) is 48.4 Å². The first kappa shape index (κ1) is 17.8. The number of carbonyl (C=O) groups excluding carboxylic acids is 1. The predicted octanol–water partition coefficient (Wildman–Crippen LogP) is 2.97. The summed E-state index contributed by atoms with van der Waals surface area (Å²) in [7, 11) is 1.96. The largest absolute Gasteiger partial charge is 0.338 e. The lowest BCUT2D eigenvalue weighted by molar-refractivity contribution is 0.0716. The Hall–Kier alpha value is -2.61. The first-order chi connectivity index (χ1) is 13.0. The molecular weight excluding hydrogens is 360 g/mol. The number of hydrogen-bond acceptors (Lipinski definition) is 6. The maximum Gasteiger partial charge on any atom is 0.265 e. The van der Waals surface area contributed by atoms with Gasteiger partial charge in [-0.2, -0.15) is 0 Å². The highest BCUT2D eigenvalue weighted by molar-refractivity contribution is 7.11. The minimum Gasteiger partial charge on any atom is -0.338 e. The third-order valence-corrected chi connectivity index (χ3v) is 5.96. The van der Waals surface area contributed by atoms with Crippen molar-refractivity contribution < 1.29 is 4.79 Å². The SMILES string of the molecule is Cc1nc(-c2nccn2C)cc(C2CCN(C(=O)c3scnc3C)CC2)n1. The third-order valence-electron chi connectivity index (χ3n) is 5.05. The van der Waals surface area contributed by atoms with Crippen molar-refractivity contribution in [2.24, 2.45) is 7.05 Å². The van der Waals surface area contributed by atoms with Crippen molar-refractivity contribution in [1.82, 2.24) is 29.4 Å². The summed E-state index contributed by atoms with van der Waals surface area (Å²) in [5.41, 5.74) is 4.45. The summed E-state index contributed by atoms with van der Waals surface area (Å²) in [5, 5.41) is 0. The highest BCUT2D eigenvalue weighted by Crippen LogP contribution is 2.30. The molecule has 0 aromatic carbocycles. The van der Waals surface area contributed by atoms with E-state index in [0.717, 1.165) is 59.5 Å². The zero-order chi connectivity index (χ0) is 19.0. The van der Waals surface area contributed by atoms with Crippen molar-refractivity contribution in [3.8, 4) is 11.5 Å². The molecule has 140 valence electrons. The van der Waals surface area contributed by atoms with E-state index in [1.54, 1.807) is 11.7 Å². The monoisotopic (exact) mass is 382 g/mol. The number of hydrogen-bond donors (Lipinski definition) is 0. The molecule has 0 unspecified atom stereocenters. The van der Waals surface area contributed by atoms with Crippen LogP contribution in [0.25, 0.3) is 11.5 Å². The van der Waals surface area contributed by atoms with E-state index in [4.69, 9.17) is 0 Å². The number of nitrogens with zero attached hydrogens (tertiary/aromatic N) is 6. The lowest BCUT2D eigenvalue weighted by atomic mass is 9.92. The van der Waals surface area contributed by atoms with Gasteiger partial charge in [0.05, 0.1) is 11.2 Å². The van der Waals surface area contributed by atoms with Crippen LogP contribution < -0.4 is 0 Å². The Bertz CT molecular complexity index is 970. The van der Waals surface area contributed by atoms with Gasteiger partial charge in [0, 0.05) is 44.1 Å². The number of imidazole rings is 1. The van der Waals surface area contributed by atoms with E-state index in [1.165, 1.54) is 11.3 Å². The van der Waals surface area contributed by atoms with Gasteiger partial charge < -0.3 is 9.47 Å². The number of rotatable bonds is 3. The quantitative estimate of drug-likeness (QED) is 0.696. The summed E-state index contributed by atoms with van der Waals surface area (Å²) in [5.74, 6) is 2.03. The summed E-state index contributed by atoms with van der Waals surface area (Å²) < 4.78 is 1.96. The molecule has 1 amide bonds. The number of likely N-dealkylation sites (tertiary alicyclic amines) is 1. The molecule has 0 spiro atoms. The lowest BCUT2D eigenvalue weighted by Gasteiger charge is -2.31. The van der Waals surface area contributed by atoms with Gasteiger partial charge >= 0.3 is 0 Å². The number of carbonyl (C=O) groups is 1. The van der Waals surface area contributed by atoms with Crippen molar-refractivity contribution >= 4 is 17.2 Å². The van der Waals surface area contributed by atoms with Crippen LogP contribution >= 0.6 is 11.3 Å². The molecule has 0 bridgehead atoms. The molecule has 1 fully saturated rings. The van der Waals surface area contributed by atoms with Crippen LogP contribution in [0.2, 0.25) is 0 Å². The van der Waals surface area contributed by atoms with Crippen molar-refractivity contribution in [3.63, 3.8) is 0 Å². The molecular formula is C19H22N6OS. The minimum absolute atomic E-state index is 0.0982. The van der Waals surface area contributed by atoms with E-state index < -0.39 is 0 Å². The Balaban J connectivity index is 1.50. The maximum atomic E-state index is 12.7. The minimum atomic E-state index is 0.0982. The Morgan fingerprint density at radius 1 is 1.19 bits per heavy atom. The summed E-state index contributed by atoms with van der Waals surface area (Å²) >= 11 is 1.42. The van der Waals surface area contributed by atoms with Crippen molar-refractivity contribution in [2.45, 2.75) is 32.6 Å². The van der Waals surface area contributed by atoms with Gasteiger partial charge in [-0.25, -0.2) is 19.9 Å². The fraction of sp³-hybridized carbons (Fsp3) is 0.421. The van der Waals surface area contributed by atoms with Crippen LogP contribution in [0.15, 0.2) is 24.0 Å². The fourth-order valence-corrected chi connectivity index (χ4v) is 4.33. The van der Waals surface area contributed by atoms with Gasteiger partial charge in [0.1, 0.15) is 16.4 Å². The van der Waals surface area contributed by atoms with Gasteiger partial charge in [-0.05, 0) is 32.8 Å². The number of aryl methyl sites for hydroxylation is 3. The zero-order valence-electron chi connectivity index (χ0n) is 15.7. The average Bonchev–Trinajstić information content (AvgIpc) is 3.29. The van der Waals surface area contributed by atoms with E-state index in [1.807, 2.05) is 42.6 Å². The van der Waals surface area contributed by atoms with E-state index in [-0.39, 0.29) is 5.91 Å². The maximum absolute atomic E-state index is 12.7. The van der Waals surface area contributed by atoms with Gasteiger partial charge in [-0.1, -0.05) is 0 Å². The summed E-state index contributed by atoms with van der Waals surface area (Å²) in [4.78, 5) is 33.2. The average molecular weight is 382 g/mol. The number of amides is 1. The van der Waals surface area contributed by atoms with E-state index in [0.29, 0.717) is 5.92 Å². The summed E-state index contributed by atoms with van der Waals surface area (Å²) in [6.07, 6.45) is 5.50. The molecule has 27 heavy (non-hydrogen) atoms. The number of thiazole rings is 1. The van der Waals surface area contributed by atoms with Gasteiger partial charge in [0.2, 0.25) is 0 Å². The molecule has 1 aliphatic heterocycles. The second-order valence-electron chi connectivity index (χ2n) is 6.92. The van der Waals surface area contributed by atoms with Crippen molar-refractivity contribution in [1.29, 1.82) is 0 Å². The molecule has 0 aliphatic carbocycles. The standard InChI is InChI=1S/C19H22N6OS/c1-12-17(27-11-21-12)19(26)25-7-4-14(5-8-25)15-10-16(23-13(2)22-15)18-20-6-9-24(18)3/h6,9-11,14H,4-5,7-8H2,1-3H3. The van der Waals surface area contributed by atoms with E-state index in [9.17, 15) is 4.79 Å². The fourth-order valence-electron chi connectivity index (χ4n) is 3.56. The van der Waals surface area contributed by atoms with Crippen molar-refractivity contribution in [3.05, 3.63) is 46.1 Å². The predicted molar refractivity (Wildman–Crippen MR) is 104 cm³/mol. The van der Waals surface area contributed by atoms with Crippen LogP contribution in [0.3, 0.4) is 0 Å².